The fourth-order valence-corrected chi connectivity index (χ4v) is 2.30. The van der Waals surface area contributed by atoms with Gasteiger partial charge in [0.2, 0.25) is 0 Å². The summed E-state index contributed by atoms with van der Waals surface area (Å²) in [7, 11) is 0. The van der Waals surface area contributed by atoms with Crippen LogP contribution in [0.4, 0.5) is 0 Å². The minimum Gasteiger partial charge on any atom is -0.395 e. The first kappa shape index (κ1) is 15.3. The predicted octanol–water partition coefficient (Wildman–Crippen LogP) is 3.20. The van der Waals surface area contributed by atoms with Crippen molar-refractivity contribution >= 4 is 5.91 Å². The van der Waals surface area contributed by atoms with E-state index in [1.165, 1.54) is 0 Å². The van der Waals surface area contributed by atoms with Crippen molar-refractivity contribution in [2.24, 2.45) is 0 Å². The molecule has 0 heterocycles. The molecule has 2 aromatic carbocycles. The van der Waals surface area contributed by atoms with Gasteiger partial charge in [0.25, 0.3) is 5.91 Å². The molecule has 0 bridgehead atoms. The highest BCUT2D eigenvalue weighted by Gasteiger charge is 2.17. The molecule has 3 heteroatoms. The lowest BCUT2D eigenvalue weighted by Gasteiger charge is -2.26. The van der Waals surface area contributed by atoms with Crippen LogP contribution in [0.2, 0.25) is 0 Å². The van der Waals surface area contributed by atoms with E-state index in [2.05, 4.69) is 0 Å². The fourth-order valence-electron chi connectivity index (χ4n) is 2.30. The second kappa shape index (κ2) is 7.04. The molecule has 110 valence electrons. The van der Waals surface area contributed by atoms with Crippen molar-refractivity contribution in [3.63, 3.8) is 0 Å². The van der Waals surface area contributed by atoms with E-state index in [0.29, 0.717) is 12.1 Å². The lowest BCUT2D eigenvalue weighted by molar-refractivity contribution is 0.0665. The quantitative estimate of drug-likeness (QED) is 0.915. The number of aliphatic hydroxyl groups is 1. The molecule has 0 aliphatic carbocycles. The molecule has 0 aromatic heterocycles. The number of aliphatic hydroxyl groups excluding tert-OH is 1. The molecular weight excluding hydrogens is 262 g/mol. The Morgan fingerprint density at radius 3 is 2.10 bits per heavy atom. The van der Waals surface area contributed by atoms with Crippen molar-refractivity contribution in [2.45, 2.75) is 19.9 Å². The lowest BCUT2D eigenvalue weighted by atomic mass is 10.0. The zero-order valence-electron chi connectivity index (χ0n) is 12.5. The second-order valence-corrected chi connectivity index (χ2v) is 5.26. The third-order valence-electron chi connectivity index (χ3n) is 3.46. The van der Waals surface area contributed by atoms with Crippen LogP contribution in [-0.4, -0.2) is 35.1 Å². The van der Waals surface area contributed by atoms with E-state index in [0.717, 1.165) is 11.1 Å². The molecule has 0 fully saturated rings. The Hall–Kier alpha value is -2.13. The van der Waals surface area contributed by atoms with Crippen LogP contribution in [0.3, 0.4) is 0 Å². The summed E-state index contributed by atoms with van der Waals surface area (Å²) < 4.78 is 0. The molecule has 2 rings (SSSR count). The Morgan fingerprint density at radius 2 is 1.57 bits per heavy atom. The summed E-state index contributed by atoms with van der Waals surface area (Å²) in [5.41, 5.74) is 2.87. The summed E-state index contributed by atoms with van der Waals surface area (Å²) in [5.74, 6) is -0.0429. The average molecular weight is 283 g/mol. The molecular formula is C18H21NO2. The predicted molar refractivity (Wildman–Crippen MR) is 85.1 cm³/mol. The Morgan fingerprint density at radius 1 is 1.00 bits per heavy atom. The van der Waals surface area contributed by atoms with Crippen LogP contribution in [0.5, 0.6) is 0 Å². The van der Waals surface area contributed by atoms with Crippen LogP contribution in [-0.2, 0) is 0 Å². The zero-order valence-corrected chi connectivity index (χ0v) is 12.5. The maximum atomic E-state index is 12.4. The van der Waals surface area contributed by atoms with Gasteiger partial charge in [-0.2, -0.15) is 0 Å². The Labute approximate surface area is 125 Å². The van der Waals surface area contributed by atoms with Gasteiger partial charge in [-0.3, -0.25) is 4.79 Å². The summed E-state index contributed by atoms with van der Waals surface area (Å²) in [6, 6.07) is 17.7. The maximum absolute atomic E-state index is 12.4. The number of carbonyl (C=O) groups is 1. The normalized spacial score (nSPS) is 10.7. The largest absolute Gasteiger partial charge is 0.395 e. The minimum absolute atomic E-state index is 0.0218. The Bertz CT molecular complexity index is 576. The van der Waals surface area contributed by atoms with Crippen LogP contribution >= 0.6 is 0 Å². The Kier molecular flexibility index (Phi) is 5.12. The van der Waals surface area contributed by atoms with Crippen LogP contribution in [0.15, 0.2) is 54.6 Å². The smallest absolute Gasteiger partial charge is 0.254 e. The van der Waals surface area contributed by atoms with Crippen LogP contribution in [0, 0.1) is 0 Å². The van der Waals surface area contributed by atoms with Gasteiger partial charge in [-0.1, -0.05) is 42.5 Å². The molecule has 0 aliphatic rings. The summed E-state index contributed by atoms with van der Waals surface area (Å²) in [6.07, 6.45) is 0. The first-order valence-corrected chi connectivity index (χ1v) is 7.21. The molecule has 21 heavy (non-hydrogen) atoms. The highest BCUT2D eigenvalue weighted by atomic mass is 16.3. The molecule has 1 N–H and O–H groups in total. The molecule has 0 aliphatic heterocycles. The molecule has 2 aromatic rings. The van der Waals surface area contributed by atoms with Gasteiger partial charge < -0.3 is 10.0 Å². The maximum Gasteiger partial charge on any atom is 0.254 e. The van der Waals surface area contributed by atoms with Gasteiger partial charge in [-0.25, -0.2) is 0 Å². The van der Waals surface area contributed by atoms with Crippen LogP contribution in [0.25, 0.3) is 11.1 Å². The zero-order chi connectivity index (χ0) is 15.2. The second-order valence-electron chi connectivity index (χ2n) is 5.26. The number of hydrogen-bond donors (Lipinski definition) is 1. The molecule has 0 saturated carbocycles. The van der Waals surface area contributed by atoms with E-state index in [1.54, 1.807) is 4.90 Å². The number of rotatable bonds is 5. The van der Waals surface area contributed by atoms with E-state index < -0.39 is 0 Å². The highest BCUT2D eigenvalue weighted by molar-refractivity contribution is 5.94. The average Bonchev–Trinajstić information content (AvgIpc) is 2.53. The number of hydrogen-bond acceptors (Lipinski definition) is 2. The van der Waals surface area contributed by atoms with Gasteiger partial charge >= 0.3 is 0 Å². The van der Waals surface area contributed by atoms with E-state index in [-0.39, 0.29) is 18.6 Å². The van der Waals surface area contributed by atoms with Crippen molar-refractivity contribution in [1.82, 2.24) is 4.90 Å². The van der Waals surface area contributed by atoms with Gasteiger partial charge in [0.1, 0.15) is 0 Å². The first-order chi connectivity index (χ1) is 10.1. The van der Waals surface area contributed by atoms with Crippen molar-refractivity contribution in [3.8, 4) is 11.1 Å². The van der Waals surface area contributed by atoms with Gasteiger partial charge in [-0.15, -0.1) is 0 Å². The molecule has 1 amide bonds. The number of nitrogens with zero attached hydrogens (tertiary/aromatic N) is 1. The molecule has 3 nitrogen and oxygen atoms in total. The van der Waals surface area contributed by atoms with Crippen molar-refractivity contribution in [2.75, 3.05) is 13.2 Å². The van der Waals surface area contributed by atoms with Gasteiger partial charge in [0, 0.05) is 18.2 Å². The van der Waals surface area contributed by atoms with E-state index in [1.807, 2.05) is 68.4 Å². The summed E-state index contributed by atoms with van der Waals surface area (Å²) in [5, 5.41) is 9.08. The SMILES string of the molecule is CC(C)N(CCO)C(=O)c1ccc(-c2ccccc2)cc1. The standard InChI is InChI=1S/C18H21NO2/c1-14(2)19(12-13-20)18(21)17-10-8-16(9-11-17)15-6-4-3-5-7-15/h3-11,14,20H,12-13H2,1-2H3. The van der Waals surface area contributed by atoms with E-state index >= 15 is 0 Å². The minimum atomic E-state index is -0.0429. The highest BCUT2D eigenvalue weighted by Crippen LogP contribution is 2.20. The summed E-state index contributed by atoms with van der Waals surface area (Å²) >= 11 is 0. The number of benzene rings is 2. The van der Waals surface area contributed by atoms with Crippen molar-refractivity contribution in [1.29, 1.82) is 0 Å². The van der Waals surface area contributed by atoms with Crippen LogP contribution in [0.1, 0.15) is 24.2 Å². The third-order valence-corrected chi connectivity index (χ3v) is 3.46. The molecule has 0 spiro atoms. The molecule has 0 radical (unpaired) electrons. The van der Waals surface area contributed by atoms with Crippen LogP contribution < -0.4 is 0 Å². The molecule has 0 unspecified atom stereocenters. The number of amides is 1. The summed E-state index contributed by atoms with van der Waals surface area (Å²) in [6.45, 7) is 4.24. The number of carbonyl (C=O) groups excluding carboxylic acids is 1. The monoisotopic (exact) mass is 283 g/mol. The lowest BCUT2D eigenvalue weighted by Crippen LogP contribution is -2.38. The van der Waals surface area contributed by atoms with Gasteiger partial charge in [0.15, 0.2) is 0 Å². The topological polar surface area (TPSA) is 40.5 Å². The van der Waals surface area contributed by atoms with Crippen molar-refractivity contribution < 1.29 is 9.90 Å². The summed E-state index contributed by atoms with van der Waals surface area (Å²) in [4.78, 5) is 14.1. The van der Waals surface area contributed by atoms with Gasteiger partial charge in [-0.05, 0) is 37.1 Å². The van der Waals surface area contributed by atoms with Gasteiger partial charge in [0.05, 0.1) is 6.61 Å². The molecule has 0 saturated heterocycles. The Balaban J connectivity index is 2.20. The van der Waals surface area contributed by atoms with E-state index in [4.69, 9.17) is 5.11 Å². The fraction of sp³-hybridized carbons (Fsp3) is 0.278. The first-order valence-electron chi connectivity index (χ1n) is 7.21. The van der Waals surface area contributed by atoms with E-state index in [9.17, 15) is 4.79 Å². The molecule has 0 atom stereocenters. The van der Waals surface area contributed by atoms with Crippen molar-refractivity contribution in [3.05, 3.63) is 60.2 Å². The third kappa shape index (κ3) is 3.70.